The molecule has 1 aliphatic heterocycles. The summed E-state index contributed by atoms with van der Waals surface area (Å²) in [6.45, 7) is 6.42. The lowest BCUT2D eigenvalue weighted by Gasteiger charge is -2.36. The first-order valence-electron chi connectivity index (χ1n) is 10.5. The van der Waals surface area contributed by atoms with E-state index in [1.807, 2.05) is 42.5 Å². The molecule has 0 saturated carbocycles. The summed E-state index contributed by atoms with van der Waals surface area (Å²) in [7, 11) is 0. The van der Waals surface area contributed by atoms with E-state index in [9.17, 15) is 0 Å². The molecule has 0 atom stereocenters. The molecule has 0 bridgehead atoms. The number of hydrogen-bond acceptors (Lipinski definition) is 6. The number of ether oxygens (including phenoxy) is 1. The van der Waals surface area contributed by atoms with Crippen molar-refractivity contribution in [2.45, 2.75) is 19.4 Å². The molecule has 9 heteroatoms. The Bertz CT molecular complexity index is 943. The van der Waals surface area contributed by atoms with E-state index in [0.29, 0.717) is 16.6 Å². The number of tetrazole rings is 1. The summed E-state index contributed by atoms with van der Waals surface area (Å²) in [4.78, 5) is 6.37. The second-order valence-electron chi connectivity index (χ2n) is 7.57. The molecule has 2 aromatic carbocycles. The summed E-state index contributed by atoms with van der Waals surface area (Å²) < 4.78 is 5.88. The zero-order valence-electron chi connectivity index (χ0n) is 17.3. The van der Waals surface area contributed by atoms with Crippen molar-refractivity contribution in [3.63, 3.8) is 0 Å². The maximum Gasteiger partial charge on any atom is 0.162 e. The topological polar surface area (TPSA) is 59.3 Å². The lowest BCUT2D eigenvalue weighted by Crippen LogP contribution is -2.46. The molecule has 0 aliphatic carbocycles. The van der Waals surface area contributed by atoms with Crippen molar-refractivity contribution in [2.24, 2.45) is 0 Å². The van der Waals surface area contributed by atoms with Gasteiger partial charge in [-0.25, -0.2) is 0 Å². The highest BCUT2D eigenvalue weighted by Gasteiger charge is 2.19. The Morgan fingerprint density at radius 1 is 0.935 bits per heavy atom. The Balaban J connectivity index is 1.12. The Kier molecular flexibility index (Phi) is 7.61. The van der Waals surface area contributed by atoms with Crippen molar-refractivity contribution in [3.8, 4) is 5.75 Å². The third kappa shape index (κ3) is 6.09. The van der Waals surface area contributed by atoms with Gasteiger partial charge in [-0.3, -0.25) is 4.90 Å². The lowest BCUT2D eigenvalue weighted by atomic mass is 10.2. The molecule has 4 rings (SSSR count). The highest BCUT2D eigenvalue weighted by Crippen LogP contribution is 2.32. The minimum atomic E-state index is 0.608. The average Bonchev–Trinajstić information content (AvgIpc) is 3.30. The minimum Gasteiger partial charge on any atom is -0.494 e. The van der Waals surface area contributed by atoms with Crippen molar-refractivity contribution in [3.05, 3.63) is 64.4 Å². The number of piperazine rings is 1. The van der Waals surface area contributed by atoms with Crippen LogP contribution in [0.15, 0.2) is 48.8 Å². The monoisotopic (exact) mass is 460 g/mol. The smallest absolute Gasteiger partial charge is 0.162 e. The van der Waals surface area contributed by atoms with E-state index in [0.717, 1.165) is 69.2 Å². The maximum absolute atomic E-state index is 6.36. The number of benzene rings is 2. The molecule has 1 saturated heterocycles. The van der Waals surface area contributed by atoms with Crippen LogP contribution in [0, 0.1) is 0 Å². The summed E-state index contributed by atoms with van der Waals surface area (Å²) in [5, 5.41) is 12.9. The summed E-state index contributed by atoms with van der Waals surface area (Å²) >= 11 is 12.5. The molecular weight excluding hydrogens is 435 g/mol. The van der Waals surface area contributed by atoms with Crippen LogP contribution in [0.1, 0.15) is 18.4 Å². The van der Waals surface area contributed by atoms with Gasteiger partial charge in [-0.05, 0) is 54.4 Å². The predicted molar refractivity (Wildman–Crippen MR) is 123 cm³/mol. The van der Waals surface area contributed by atoms with Gasteiger partial charge < -0.3 is 9.64 Å². The van der Waals surface area contributed by atoms with Gasteiger partial charge in [-0.2, -0.15) is 4.80 Å². The quantitative estimate of drug-likeness (QED) is 0.449. The Labute approximate surface area is 192 Å². The number of rotatable bonds is 9. The van der Waals surface area contributed by atoms with Crippen LogP contribution < -0.4 is 9.64 Å². The number of anilines is 1. The Morgan fingerprint density at radius 2 is 1.74 bits per heavy atom. The van der Waals surface area contributed by atoms with Crippen LogP contribution in [-0.2, 0) is 6.54 Å². The van der Waals surface area contributed by atoms with Crippen LogP contribution >= 0.6 is 23.2 Å². The highest BCUT2D eigenvalue weighted by molar-refractivity contribution is 6.43. The van der Waals surface area contributed by atoms with Gasteiger partial charge in [0.25, 0.3) is 0 Å². The van der Waals surface area contributed by atoms with E-state index in [4.69, 9.17) is 27.9 Å². The fourth-order valence-electron chi connectivity index (χ4n) is 3.69. The zero-order valence-corrected chi connectivity index (χ0v) is 18.8. The first kappa shape index (κ1) is 21.9. The standard InChI is InChI=1S/C22H26Cl2N6O/c23-20-4-3-5-21(22(20)24)29-13-11-28(12-14-29)10-1-2-15-31-19-8-6-18(7-9-19)16-30-26-17-25-27-30/h3-9,17H,1-2,10-16H2. The lowest BCUT2D eigenvalue weighted by molar-refractivity contribution is 0.238. The van der Waals surface area contributed by atoms with Crippen LogP contribution in [0.4, 0.5) is 5.69 Å². The molecule has 31 heavy (non-hydrogen) atoms. The molecule has 1 fully saturated rings. The Morgan fingerprint density at radius 3 is 2.48 bits per heavy atom. The first-order chi connectivity index (χ1) is 15.2. The first-order valence-corrected chi connectivity index (χ1v) is 11.3. The molecule has 0 amide bonds. The van der Waals surface area contributed by atoms with Crippen molar-refractivity contribution >= 4 is 28.9 Å². The van der Waals surface area contributed by atoms with E-state index in [2.05, 4.69) is 25.2 Å². The fourth-order valence-corrected chi connectivity index (χ4v) is 4.11. The van der Waals surface area contributed by atoms with Gasteiger partial charge in [0, 0.05) is 26.2 Å². The van der Waals surface area contributed by atoms with Crippen LogP contribution in [0.5, 0.6) is 5.75 Å². The van der Waals surface area contributed by atoms with Crippen LogP contribution in [0.3, 0.4) is 0 Å². The molecule has 0 radical (unpaired) electrons. The minimum absolute atomic E-state index is 0.608. The van der Waals surface area contributed by atoms with E-state index < -0.39 is 0 Å². The molecule has 1 aromatic heterocycles. The third-order valence-corrected chi connectivity index (χ3v) is 6.23. The zero-order chi connectivity index (χ0) is 21.5. The van der Waals surface area contributed by atoms with Crippen LogP contribution in [-0.4, -0.2) is 64.4 Å². The molecule has 0 unspecified atom stereocenters. The van der Waals surface area contributed by atoms with Gasteiger partial charge >= 0.3 is 0 Å². The van der Waals surface area contributed by atoms with Gasteiger partial charge in [0.2, 0.25) is 0 Å². The second-order valence-corrected chi connectivity index (χ2v) is 8.35. The third-order valence-electron chi connectivity index (χ3n) is 5.42. The van der Waals surface area contributed by atoms with Crippen molar-refractivity contribution in [1.29, 1.82) is 0 Å². The number of unbranched alkanes of at least 4 members (excludes halogenated alkanes) is 1. The largest absolute Gasteiger partial charge is 0.494 e. The van der Waals surface area contributed by atoms with Crippen LogP contribution in [0.25, 0.3) is 0 Å². The summed E-state index contributed by atoms with van der Waals surface area (Å²) in [5.74, 6) is 0.891. The highest BCUT2D eigenvalue weighted by atomic mass is 35.5. The molecule has 7 nitrogen and oxygen atoms in total. The molecule has 0 spiro atoms. The van der Waals surface area contributed by atoms with E-state index in [1.54, 1.807) is 4.80 Å². The van der Waals surface area contributed by atoms with Gasteiger partial charge in [0.1, 0.15) is 5.75 Å². The predicted octanol–water partition coefficient (Wildman–Crippen LogP) is 4.01. The van der Waals surface area contributed by atoms with Gasteiger partial charge in [-0.15, -0.1) is 10.2 Å². The second kappa shape index (κ2) is 10.8. The SMILES string of the molecule is Clc1cccc(N2CCN(CCCCOc3ccc(Cn4ncnn4)cc3)CC2)c1Cl. The van der Waals surface area contributed by atoms with Gasteiger partial charge in [-0.1, -0.05) is 41.4 Å². The normalized spacial score (nSPS) is 14.7. The molecule has 0 N–H and O–H groups in total. The number of hydrogen-bond donors (Lipinski definition) is 0. The summed E-state index contributed by atoms with van der Waals surface area (Å²) in [6.07, 6.45) is 3.59. The summed E-state index contributed by atoms with van der Waals surface area (Å²) in [6, 6.07) is 13.9. The Hall–Kier alpha value is -2.35. The van der Waals surface area contributed by atoms with Crippen molar-refractivity contribution in [2.75, 3.05) is 44.2 Å². The number of halogens is 2. The van der Waals surface area contributed by atoms with Gasteiger partial charge in [0.15, 0.2) is 6.33 Å². The molecular formula is C22H26Cl2N6O. The fraction of sp³-hybridized carbons (Fsp3) is 0.409. The number of nitrogens with zero attached hydrogens (tertiary/aromatic N) is 6. The molecule has 1 aliphatic rings. The van der Waals surface area contributed by atoms with Crippen molar-refractivity contribution < 1.29 is 4.74 Å². The molecule has 164 valence electrons. The maximum atomic E-state index is 6.36. The van der Waals surface area contributed by atoms with E-state index >= 15 is 0 Å². The van der Waals surface area contributed by atoms with E-state index in [1.165, 1.54) is 6.33 Å². The summed E-state index contributed by atoms with van der Waals surface area (Å²) in [5.41, 5.74) is 2.15. The average molecular weight is 461 g/mol. The van der Waals surface area contributed by atoms with Crippen LogP contribution in [0.2, 0.25) is 10.0 Å². The van der Waals surface area contributed by atoms with Gasteiger partial charge in [0.05, 0.1) is 28.9 Å². The van der Waals surface area contributed by atoms with Crippen molar-refractivity contribution in [1.82, 2.24) is 25.1 Å². The molecule has 2 heterocycles. The number of aromatic nitrogens is 4. The molecule has 3 aromatic rings. The van der Waals surface area contributed by atoms with E-state index in [-0.39, 0.29) is 0 Å².